The predicted octanol–water partition coefficient (Wildman–Crippen LogP) is 4.00. The standard InChI is InChI=1S/C18H20O2/c1-2-17(13-15-9-5-3-6-10-15)18(19)20-14-16-11-7-4-8-12-16/h3-12,17H,2,13-14H2,1H3. The van der Waals surface area contributed by atoms with Crippen molar-refractivity contribution in [2.24, 2.45) is 5.92 Å². The summed E-state index contributed by atoms with van der Waals surface area (Å²) in [5.74, 6) is -0.179. The molecule has 2 aromatic rings. The van der Waals surface area contributed by atoms with Gasteiger partial charge in [-0.1, -0.05) is 67.6 Å². The lowest BCUT2D eigenvalue weighted by molar-refractivity contribution is -0.150. The van der Waals surface area contributed by atoms with Crippen LogP contribution in [0.15, 0.2) is 60.7 Å². The topological polar surface area (TPSA) is 26.3 Å². The summed E-state index contributed by atoms with van der Waals surface area (Å²) in [6.07, 6.45) is 1.54. The second kappa shape index (κ2) is 7.49. The molecule has 0 aromatic heterocycles. The fourth-order valence-electron chi connectivity index (χ4n) is 2.14. The molecule has 0 saturated heterocycles. The van der Waals surface area contributed by atoms with Crippen LogP contribution in [0, 0.1) is 5.92 Å². The molecule has 0 saturated carbocycles. The van der Waals surface area contributed by atoms with Crippen molar-refractivity contribution in [1.29, 1.82) is 0 Å². The maximum Gasteiger partial charge on any atom is 0.309 e. The number of carbonyl (C=O) groups excluding carboxylic acids is 1. The van der Waals surface area contributed by atoms with Crippen molar-refractivity contribution in [3.63, 3.8) is 0 Å². The molecule has 2 rings (SSSR count). The number of esters is 1. The largest absolute Gasteiger partial charge is 0.461 e. The molecule has 0 aliphatic heterocycles. The Morgan fingerprint density at radius 2 is 1.50 bits per heavy atom. The fourth-order valence-corrected chi connectivity index (χ4v) is 2.14. The molecule has 0 heterocycles. The third-order valence-electron chi connectivity index (χ3n) is 3.37. The van der Waals surface area contributed by atoms with E-state index < -0.39 is 0 Å². The summed E-state index contributed by atoms with van der Waals surface area (Å²) in [7, 11) is 0. The van der Waals surface area contributed by atoms with Gasteiger partial charge < -0.3 is 4.74 Å². The van der Waals surface area contributed by atoms with Gasteiger partial charge in [-0.05, 0) is 24.0 Å². The van der Waals surface area contributed by atoms with Gasteiger partial charge in [0.1, 0.15) is 6.61 Å². The van der Waals surface area contributed by atoms with Crippen molar-refractivity contribution in [3.05, 3.63) is 71.8 Å². The Morgan fingerprint density at radius 1 is 0.950 bits per heavy atom. The molecule has 0 radical (unpaired) electrons. The fraction of sp³-hybridized carbons (Fsp3) is 0.278. The van der Waals surface area contributed by atoms with Gasteiger partial charge in [0.25, 0.3) is 0 Å². The van der Waals surface area contributed by atoms with E-state index in [1.165, 1.54) is 5.56 Å². The quantitative estimate of drug-likeness (QED) is 0.740. The highest BCUT2D eigenvalue weighted by atomic mass is 16.5. The van der Waals surface area contributed by atoms with Crippen LogP contribution >= 0.6 is 0 Å². The number of hydrogen-bond donors (Lipinski definition) is 0. The molecule has 2 nitrogen and oxygen atoms in total. The van der Waals surface area contributed by atoms with Crippen molar-refractivity contribution in [2.75, 3.05) is 0 Å². The molecule has 104 valence electrons. The third kappa shape index (κ3) is 4.23. The average Bonchev–Trinajstić information content (AvgIpc) is 2.52. The van der Waals surface area contributed by atoms with Crippen molar-refractivity contribution in [1.82, 2.24) is 0 Å². The molecule has 2 heteroatoms. The van der Waals surface area contributed by atoms with Crippen LogP contribution in [0.3, 0.4) is 0 Å². The Labute approximate surface area is 120 Å². The average molecular weight is 268 g/mol. The van der Waals surface area contributed by atoms with E-state index in [-0.39, 0.29) is 11.9 Å². The van der Waals surface area contributed by atoms with Crippen molar-refractivity contribution < 1.29 is 9.53 Å². The molecular weight excluding hydrogens is 248 g/mol. The van der Waals surface area contributed by atoms with E-state index in [4.69, 9.17) is 4.74 Å². The van der Waals surface area contributed by atoms with E-state index >= 15 is 0 Å². The highest BCUT2D eigenvalue weighted by Gasteiger charge is 2.18. The minimum absolute atomic E-state index is 0.0684. The van der Waals surface area contributed by atoms with Gasteiger partial charge in [0.05, 0.1) is 5.92 Å². The van der Waals surface area contributed by atoms with Gasteiger partial charge in [-0.25, -0.2) is 0 Å². The molecule has 2 aromatic carbocycles. The summed E-state index contributed by atoms with van der Waals surface area (Å²) in [5, 5.41) is 0. The normalized spacial score (nSPS) is 11.8. The van der Waals surface area contributed by atoms with Crippen LogP contribution in [0.5, 0.6) is 0 Å². The summed E-state index contributed by atoms with van der Waals surface area (Å²) < 4.78 is 5.41. The minimum Gasteiger partial charge on any atom is -0.461 e. The smallest absolute Gasteiger partial charge is 0.309 e. The van der Waals surface area contributed by atoms with Gasteiger partial charge in [0.15, 0.2) is 0 Å². The maximum atomic E-state index is 12.1. The molecular formula is C18H20O2. The highest BCUT2D eigenvalue weighted by Crippen LogP contribution is 2.15. The zero-order chi connectivity index (χ0) is 14.2. The van der Waals surface area contributed by atoms with Crippen LogP contribution in [-0.2, 0) is 22.6 Å². The first-order valence-corrected chi connectivity index (χ1v) is 7.04. The highest BCUT2D eigenvalue weighted by molar-refractivity contribution is 5.72. The van der Waals surface area contributed by atoms with Gasteiger partial charge in [0, 0.05) is 0 Å². The van der Waals surface area contributed by atoms with E-state index in [0.29, 0.717) is 6.61 Å². The molecule has 0 N–H and O–H groups in total. The van der Waals surface area contributed by atoms with Gasteiger partial charge >= 0.3 is 5.97 Å². The Balaban J connectivity index is 1.89. The second-order valence-corrected chi connectivity index (χ2v) is 4.89. The van der Waals surface area contributed by atoms with E-state index in [1.54, 1.807) is 0 Å². The van der Waals surface area contributed by atoms with Crippen LogP contribution in [0.25, 0.3) is 0 Å². The summed E-state index contributed by atoms with van der Waals surface area (Å²) in [6, 6.07) is 19.9. The SMILES string of the molecule is CCC(Cc1ccccc1)C(=O)OCc1ccccc1. The van der Waals surface area contributed by atoms with Gasteiger partial charge in [-0.15, -0.1) is 0 Å². The molecule has 0 aliphatic carbocycles. The van der Waals surface area contributed by atoms with Crippen LogP contribution in [0.4, 0.5) is 0 Å². The lowest BCUT2D eigenvalue weighted by Crippen LogP contribution is -2.19. The minimum atomic E-state index is -0.111. The van der Waals surface area contributed by atoms with E-state index in [0.717, 1.165) is 18.4 Å². The first-order chi connectivity index (χ1) is 9.79. The molecule has 0 fully saturated rings. The van der Waals surface area contributed by atoms with Gasteiger partial charge in [-0.3, -0.25) is 4.79 Å². The first-order valence-electron chi connectivity index (χ1n) is 7.04. The number of benzene rings is 2. The van der Waals surface area contributed by atoms with E-state index in [2.05, 4.69) is 0 Å². The third-order valence-corrected chi connectivity index (χ3v) is 3.37. The lowest BCUT2D eigenvalue weighted by atomic mass is 9.97. The van der Waals surface area contributed by atoms with Crippen molar-refractivity contribution >= 4 is 5.97 Å². The van der Waals surface area contributed by atoms with Crippen molar-refractivity contribution in [3.8, 4) is 0 Å². The van der Waals surface area contributed by atoms with Crippen LogP contribution in [-0.4, -0.2) is 5.97 Å². The van der Waals surface area contributed by atoms with Gasteiger partial charge in [0.2, 0.25) is 0 Å². The zero-order valence-corrected chi connectivity index (χ0v) is 11.8. The number of ether oxygens (including phenoxy) is 1. The van der Waals surface area contributed by atoms with Gasteiger partial charge in [-0.2, -0.15) is 0 Å². The number of hydrogen-bond acceptors (Lipinski definition) is 2. The molecule has 1 unspecified atom stereocenters. The summed E-state index contributed by atoms with van der Waals surface area (Å²) in [5.41, 5.74) is 2.20. The lowest BCUT2D eigenvalue weighted by Gasteiger charge is -2.14. The molecule has 0 amide bonds. The Kier molecular flexibility index (Phi) is 5.36. The molecule has 0 spiro atoms. The predicted molar refractivity (Wildman–Crippen MR) is 80.2 cm³/mol. The van der Waals surface area contributed by atoms with Crippen LogP contribution in [0.2, 0.25) is 0 Å². The molecule has 1 atom stereocenters. The number of rotatable bonds is 6. The van der Waals surface area contributed by atoms with Crippen LogP contribution in [0.1, 0.15) is 24.5 Å². The summed E-state index contributed by atoms with van der Waals surface area (Å²) >= 11 is 0. The Bertz CT molecular complexity index is 520. The first kappa shape index (κ1) is 14.3. The monoisotopic (exact) mass is 268 g/mol. The molecule has 0 bridgehead atoms. The zero-order valence-electron chi connectivity index (χ0n) is 11.8. The second-order valence-electron chi connectivity index (χ2n) is 4.89. The molecule has 20 heavy (non-hydrogen) atoms. The Morgan fingerprint density at radius 3 is 2.05 bits per heavy atom. The summed E-state index contributed by atoms with van der Waals surface area (Å²) in [6.45, 7) is 2.38. The van der Waals surface area contributed by atoms with Crippen molar-refractivity contribution in [2.45, 2.75) is 26.4 Å². The summed E-state index contributed by atoms with van der Waals surface area (Å²) in [4.78, 5) is 12.1. The number of carbonyl (C=O) groups is 1. The Hall–Kier alpha value is -2.09. The van der Waals surface area contributed by atoms with E-state index in [1.807, 2.05) is 67.6 Å². The molecule has 0 aliphatic rings. The van der Waals surface area contributed by atoms with Crippen LogP contribution < -0.4 is 0 Å². The van der Waals surface area contributed by atoms with E-state index in [9.17, 15) is 4.79 Å². The maximum absolute atomic E-state index is 12.1.